The van der Waals surface area contributed by atoms with Crippen LogP contribution in [0, 0.1) is 19.7 Å². The van der Waals surface area contributed by atoms with E-state index in [0.29, 0.717) is 5.56 Å². The number of hydrogen-bond donors (Lipinski definition) is 1. The van der Waals surface area contributed by atoms with Gasteiger partial charge in [-0.25, -0.2) is 9.18 Å². The molecule has 0 amide bonds. The summed E-state index contributed by atoms with van der Waals surface area (Å²) < 4.78 is 13.2. The summed E-state index contributed by atoms with van der Waals surface area (Å²) in [5.41, 5.74) is 3.39. The van der Waals surface area contributed by atoms with Crippen molar-refractivity contribution in [2.75, 3.05) is 0 Å². The third-order valence-corrected chi connectivity index (χ3v) is 2.95. The van der Waals surface area contributed by atoms with E-state index in [1.165, 1.54) is 6.07 Å². The number of benzene rings is 2. The lowest BCUT2D eigenvalue weighted by molar-refractivity contribution is 0.0697. The van der Waals surface area contributed by atoms with Gasteiger partial charge in [-0.2, -0.15) is 0 Å². The van der Waals surface area contributed by atoms with Gasteiger partial charge in [-0.05, 0) is 60.4 Å². The summed E-state index contributed by atoms with van der Waals surface area (Å²) in [6.45, 7) is 3.59. The van der Waals surface area contributed by atoms with Crippen molar-refractivity contribution in [1.82, 2.24) is 0 Å². The monoisotopic (exact) mass is 244 g/mol. The molecule has 2 nitrogen and oxygen atoms in total. The minimum Gasteiger partial charge on any atom is -0.478 e. The standard InChI is InChI=1S/C15H13FO2/c1-9-3-4-12(15(17)18)8-13(9)11-5-6-14(16)10(2)7-11/h3-8H,1-2H3,(H,17,18). The largest absolute Gasteiger partial charge is 0.478 e. The zero-order valence-electron chi connectivity index (χ0n) is 10.2. The molecule has 0 radical (unpaired) electrons. The second-order valence-electron chi connectivity index (χ2n) is 4.30. The minimum absolute atomic E-state index is 0.234. The molecule has 18 heavy (non-hydrogen) atoms. The summed E-state index contributed by atoms with van der Waals surface area (Å²) in [5, 5.41) is 8.99. The predicted octanol–water partition coefficient (Wildman–Crippen LogP) is 3.81. The molecule has 1 N–H and O–H groups in total. The van der Waals surface area contributed by atoms with E-state index in [4.69, 9.17) is 5.11 Å². The van der Waals surface area contributed by atoms with Gasteiger partial charge in [-0.3, -0.25) is 0 Å². The van der Waals surface area contributed by atoms with Crippen LogP contribution in [0.2, 0.25) is 0 Å². The molecule has 0 atom stereocenters. The zero-order chi connectivity index (χ0) is 13.3. The van der Waals surface area contributed by atoms with E-state index in [1.54, 1.807) is 37.3 Å². The van der Waals surface area contributed by atoms with Crippen LogP contribution in [0.4, 0.5) is 4.39 Å². The topological polar surface area (TPSA) is 37.3 Å². The van der Waals surface area contributed by atoms with Crippen molar-refractivity contribution in [3.63, 3.8) is 0 Å². The Kier molecular flexibility index (Phi) is 3.15. The Balaban J connectivity index is 2.58. The van der Waals surface area contributed by atoms with Crippen molar-refractivity contribution in [3.8, 4) is 11.1 Å². The molecule has 0 aliphatic heterocycles. The van der Waals surface area contributed by atoms with Gasteiger partial charge >= 0.3 is 5.97 Å². The van der Waals surface area contributed by atoms with Gasteiger partial charge in [0.05, 0.1) is 5.56 Å². The highest BCUT2D eigenvalue weighted by atomic mass is 19.1. The summed E-state index contributed by atoms with van der Waals surface area (Å²) in [6, 6.07) is 9.73. The van der Waals surface area contributed by atoms with E-state index in [0.717, 1.165) is 16.7 Å². The van der Waals surface area contributed by atoms with Crippen LogP contribution in [0.1, 0.15) is 21.5 Å². The second kappa shape index (κ2) is 4.61. The molecule has 2 rings (SSSR count). The molecule has 0 aliphatic rings. The van der Waals surface area contributed by atoms with E-state index < -0.39 is 5.97 Å². The lowest BCUT2D eigenvalue weighted by Gasteiger charge is -2.08. The highest BCUT2D eigenvalue weighted by Crippen LogP contribution is 2.26. The fourth-order valence-corrected chi connectivity index (χ4v) is 1.88. The number of aromatic carboxylic acids is 1. The number of carboxylic acid groups (broad SMARTS) is 1. The number of carboxylic acids is 1. The van der Waals surface area contributed by atoms with Crippen LogP contribution in [0.25, 0.3) is 11.1 Å². The molecule has 0 heterocycles. The average Bonchev–Trinajstić information content (AvgIpc) is 2.33. The SMILES string of the molecule is Cc1cc(-c2cc(C(=O)O)ccc2C)ccc1F. The van der Waals surface area contributed by atoms with Gasteiger partial charge in [-0.15, -0.1) is 0 Å². The molecule has 0 aliphatic carbocycles. The van der Waals surface area contributed by atoms with Crippen molar-refractivity contribution < 1.29 is 14.3 Å². The first-order valence-corrected chi connectivity index (χ1v) is 5.59. The van der Waals surface area contributed by atoms with Crippen molar-refractivity contribution in [1.29, 1.82) is 0 Å². The summed E-state index contributed by atoms with van der Waals surface area (Å²) in [7, 11) is 0. The van der Waals surface area contributed by atoms with E-state index in [1.807, 2.05) is 6.92 Å². The zero-order valence-corrected chi connectivity index (χ0v) is 10.2. The molecule has 0 fully saturated rings. The lowest BCUT2D eigenvalue weighted by Crippen LogP contribution is -1.97. The first kappa shape index (κ1) is 12.3. The van der Waals surface area contributed by atoms with Gasteiger partial charge in [0.25, 0.3) is 0 Å². The number of halogens is 1. The van der Waals surface area contributed by atoms with Crippen LogP contribution in [-0.4, -0.2) is 11.1 Å². The Bertz CT molecular complexity index is 618. The van der Waals surface area contributed by atoms with Crippen molar-refractivity contribution in [3.05, 3.63) is 58.9 Å². The Morgan fingerprint density at radius 1 is 1.06 bits per heavy atom. The van der Waals surface area contributed by atoms with E-state index in [9.17, 15) is 9.18 Å². The second-order valence-corrected chi connectivity index (χ2v) is 4.30. The van der Waals surface area contributed by atoms with Gasteiger partial charge in [-0.1, -0.05) is 12.1 Å². The summed E-state index contributed by atoms with van der Waals surface area (Å²) in [6.07, 6.45) is 0. The number of aryl methyl sites for hydroxylation is 2. The summed E-state index contributed by atoms with van der Waals surface area (Å²) in [4.78, 5) is 11.0. The molecule has 2 aromatic carbocycles. The van der Waals surface area contributed by atoms with Gasteiger partial charge in [0.2, 0.25) is 0 Å². The third kappa shape index (κ3) is 2.25. The van der Waals surface area contributed by atoms with E-state index >= 15 is 0 Å². The molecule has 0 unspecified atom stereocenters. The Morgan fingerprint density at radius 3 is 2.39 bits per heavy atom. The Labute approximate surface area is 105 Å². The molecular formula is C15H13FO2. The van der Waals surface area contributed by atoms with Crippen LogP contribution in [-0.2, 0) is 0 Å². The van der Waals surface area contributed by atoms with Gasteiger partial charge in [0, 0.05) is 0 Å². The van der Waals surface area contributed by atoms with Crippen LogP contribution in [0.3, 0.4) is 0 Å². The molecular weight excluding hydrogens is 231 g/mol. The van der Waals surface area contributed by atoms with Crippen molar-refractivity contribution in [2.24, 2.45) is 0 Å². The minimum atomic E-state index is -0.963. The third-order valence-electron chi connectivity index (χ3n) is 2.95. The number of rotatable bonds is 2. The first-order chi connectivity index (χ1) is 8.49. The van der Waals surface area contributed by atoms with Gasteiger partial charge in [0.15, 0.2) is 0 Å². The van der Waals surface area contributed by atoms with Crippen molar-refractivity contribution >= 4 is 5.97 Å². The maximum Gasteiger partial charge on any atom is 0.335 e. The van der Waals surface area contributed by atoms with Gasteiger partial charge < -0.3 is 5.11 Å². The molecule has 0 aromatic heterocycles. The first-order valence-electron chi connectivity index (χ1n) is 5.59. The quantitative estimate of drug-likeness (QED) is 0.872. The maximum absolute atomic E-state index is 13.2. The summed E-state index contributed by atoms with van der Waals surface area (Å²) in [5.74, 6) is -1.22. The number of hydrogen-bond acceptors (Lipinski definition) is 1. The molecule has 0 saturated heterocycles. The predicted molar refractivity (Wildman–Crippen MR) is 68.3 cm³/mol. The summed E-state index contributed by atoms with van der Waals surface area (Å²) >= 11 is 0. The van der Waals surface area contributed by atoms with Crippen LogP contribution >= 0.6 is 0 Å². The van der Waals surface area contributed by atoms with E-state index in [2.05, 4.69) is 0 Å². The average molecular weight is 244 g/mol. The normalized spacial score (nSPS) is 10.4. The smallest absolute Gasteiger partial charge is 0.335 e. The fraction of sp³-hybridized carbons (Fsp3) is 0.133. The fourth-order valence-electron chi connectivity index (χ4n) is 1.88. The number of carbonyl (C=O) groups is 1. The molecule has 3 heteroatoms. The Morgan fingerprint density at radius 2 is 1.78 bits per heavy atom. The molecule has 0 spiro atoms. The maximum atomic E-state index is 13.2. The van der Waals surface area contributed by atoms with Crippen LogP contribution in [0.5, 0.6) is 0 Å². The van der Waals surface area contributed by atoms with Crippen molar-refractivity contribution in [2.45, 2.75) is 13.8 Å². The van der Waals surface area contributed by atoms with Crippen LogP contribution < -0.4 is 0 Å². The lowest BCUT2D eigenvalue weighted by atomic mass is 9.97. The molecule has 2 aromatic rings. The molecule has 92 valence electrons. The molecule has 0 saturated carbocycles. The van der Waals surface area contributed by atoms with E-state index in [-0.39, 0.29) is 11.4 Å². The highest BCUT2D eigenvalue weighted by molar-refractivity contribution is 5.90. The molecule has 0 bridgehead atoms. The highest BCUT2D eigenvalue weighted by Gasteiger charge is 2.09. The Hall–Kier alpha value is -2.16. The van der Waals surface area contributed by atoms with Gasteiger partial charge in [0.1, 0.15) is 5.82 Å². The van der Waals surface area contributed by atoms with Crippen LogP contribution in [0.15, 0.2) is 36.4 Å².